The van der Waals surface area contributed by atoms with Crippen LogP contribution in [0.25, 0.3) is 0 Å². The highest BCUT2D eigenvalue weighted by Gasteiger charge is 2.26. The number of rotatable bonds is 5. The summed E-state index contributed by atoms with van der Waals surface area (Å²) in [5, 5.41) is 3.39. The summed E-state index contributed by atoms with van der Waals surface area (Å²) in [5.41, 5.74) is 1.19. The minimum Gasteiger partial charge on any atom is -0.496 e. The first kappa shape index (κ1) is 15.8. The number of methoxy groups -OCH3 is 1. The van der Waals surface area contributed by atoms with E-state index < -0.39 is 0 Å². The Bertz CT molecular complexity index is 442. The van der Waals surface area contributed by atoms with Gasteiger partial charge in [0.2, 0.25) is 0 Å². The van der Waals surface area contributed by atoms with Gasteiger partial charge in [-0.25, -0.2) is 0 Å². The van der Waals surface area contributed by atoms with Gasteiger partial charge in [-0.2, -0.15) is 0 Å². The average Bonchev–Trinajstić information content (AvgIpc) is 2.45. The molecule has 0 amide bonds. The third-order valence-electron chi connectivity index (χ3n) is 3.80. The van der Waals surface area contributed by atoms with Crippen LogP contribution in [0.1, 0.15) is 5.56 Å². The van der Waals surface area contributed by atoms with Gasteiger partial charge in [-0.05, 0) is 44.3 Å². The van der Waals surface area contributed by atoms with E-state index in [0.717, 1.165) is 36.3 Å². The van der Waals surface area contributed by atoms with E-state index in [1.807, 2.05) is 19.2 Å². The number of benzene rings is 1. The SMILES string of the molecule is CNC(Cc1cc(Br)ccc1OC)C1CN(C)CCO1. The fourth-order valence-electron chi connectivity index (χ4n) is 2.62. The molecule has 0 aromatic heterocycles. The molecule has 20 heavy (non-hydrogen) atoms. The number of nitrogens with zero attached hydrogens (tertiary/aromatic N) is 1. The van der Waals surface area contributed by atoms with Gasteiger partial charge >= 0.3 is 0 Å². The summed E-state index contributed by atoms with van der Waals surface area (Å²) in [6.45, 7) is 2.77. The Morgan fingerprint density at radius 1 is 1.55 bits per heavy atom. The lowest BCUT2D eigenvalue weighted by Crippen LogP contribution is -2.51. The molecule has 112 valence electrons. The fourth-order valence-corrected chi connectivity index (χ4v) is 3.03. The Morgan fingerprint density at radius 3 is 3.00 bits per heavy atom. The Kier molecular flexibility index (Phi) is 5.84. The zero-order chi connectivity index (χ0) is 14.5. The van der Waals surface area contributed by atoms with Gasteiger partial charge in [0.1, 0.15) is 5.75 Å². The third-order valence-corrected chi connectivity index (χ3v) is 4.29. The van der Waals surface area contributed by atoms with Crippen LogP contribution in [0.2, 0.25) is 0 Å². The molecule has 2 unspecified atom stereocenters. The molecule has 1 aliphatic rings. The van der Waals surface area contributed by atoms with Gasteiger partial charge in [-0.1, -0.05) is 15.9 Å². The number of ether oxygens (including phenoxy) is 2. The molecule has 1 saturated heterocycles. The molecule has 1 heterocycles. The molecule has 2 atom stereocenters. The van der Waals surface area contributed by atoms with Crippen molar-refractivity contribution >= 4 is 15.9 Å². The van der Waals surface area contributed by atoms with Crippen LogP contribution in [0, 0.1) is 0 Å². The zero-order valence-corrected chi connectivity index (χ0v) is 13.9. The van der Waals surface area contributed by atoms with Gasteiger partial charge in [0.05, 0.1) is 19.8 Å². The van der Waals surface area contributed by atoms with Crippen LogP contribution in [0.15, 0.2) is 22.7 Å². The van der Waals surface area contributed by atoms with Crippen molar-refractivity contribution in [1.82, 2.24) is 10.2 Å². The second-order valence-electron chi connectivity index (χ2n) is 5.23. The maximum atomic E-state index is 5.92. The molecule has 1 N–H and O–H groups in total. The van der Waals surface area contributed by atoms with E-state index in [2.05, 4.69) is 39.3 Å². The van der Waals surface area contributed by atoms with Crippen LogP contribution >= 0.6 is 15.9 Å². The molecule has 5 heteroatoms. The third kappa shape index (κ3) is 3.95. The first-order chi connectivity index (χ1) is 9.63. The zero-order valence-electron chi connectivity index (χ0n) is 12.4. The van der Waals surface area contributed by atoms with Crippen LogP contribution < -0.4 is 10.1 Å². The van der Waals surface area contributed by atoms with Crippen LogP contribution in [0.4, 0.5) is 0 Å². The number of morpholine rings is 1. The van der Waals surface area contributed by atoms with Crippen molar-refractivity contribution in [3.63, 3.8) is 0 Å². The van der Waals surface area contributed by atoms with Crippen molar-refractivity contribution in [1.29, 1.82) is 0 Å². The van der Waals surface area contributed by atoms with Crippen molar-refractivity contribution in [2.45, 2.75) is 18.6 Å². The van der Waals surface area contributed by atoms with Gasteiger partial charge in [-0.3, -0.25) is 0 Å². The summed E-state index contributed by atoms with van der Waals surface area (Å²) in [6, 6.07) is 6.40. The molecular weight excluding hydrogens is 320 g/mol. The second-order valence-corrected chi connectivity index (χ2v) is 6.14. The van der Waals surface area contributed by atoms with Gasteiger partial charge in [0.25, 0.3) is 0 Å². The minimum atomic E-state index is 0.211. The van der Waals surface area contributed by atoms with Crippen LogP contribution in [-0.4, -0.2) is 57.9 Å². The summed E-state index contributed by atoms with van der Waals surface area (Å²) in [4.78, 5) is 2.32. The summed E-state index contributed by atoms with van der Waals surface area (Å²) >= 11 is 3.53. The van der Waals surface area contributed by atoms with E-state index in [4.69, 9.17) is 9.47 Å². The van der Waals surface area contributed by atoms with Crippen LogP contribution in [0.5, 0.6) is 5.75 Å². The standard InChI is InChI=1S/C15H23BrN2O2/c1-17-13(15-10-18(2)6-7-20-15)9-11-8-12(16)4-5-14(11)19-3/h4-5,8,13,15,17H,6-7,9-10H2,1-3H3. The molecule has 2 rings (SSSR count). The van der Waals surface area contributed by atoms with Crippen molar-refractivity contribution in [3.05, 3.63) is 28.2 Å². The first-order valence-electron chi connectivity index (χ1n) is 6.94. The highest BCUT2D eigenvalue weighted by Crippen LogP contribution is 2.25. The van der Waals surface area contributed by atoms with Gasteiger partial charge in [-0.15, -0.1) is 0 Å². The largest absolute Gasteiger partial charge is 0.496 e. The average molecular weight is 343 g/mol. The Morgan fingerprint density at radius 2 is 2.35 bits per heavy atom. The maximum Gasteiger partial charge on any atom is 0.122 e. The highest BCUT2D eigenvalue weighted by molar-refractivity contribution is 9.10. The molecule has 1 aromatic carbocycles. The molecule has 0 radical (unpaired) electrons. The Balaban J connectivity index is 2.11. The predicted octanol–water partition coefficient (Wildman–Crippen LogP) is 1.92. The fraction of sp³-hybridized carbons (Fsp3) is 0.600. The summed E-state index contributed by atoms with van der Waals surface area (Å²) in [6.07, 6.45) is 1.10. The minimum absolute atomic E-state index is 0.211. The summed E-state index contributed by atoms with van der Waals surface area (Å²) in [7, 11) is 5.85. The van der Waals surface area contributed by atoms with Gasteiger partial charge in [0.15, 0.2) is 0 Å². The molecule has 1 aromatic rings. The number of halogens is 1. The Hall–Kier alpha value is -0.620. The number of hydrogen-bond acceptors (Lipinski definition) is 4. The Labute approximate surface area is 129 Å². The molecule has 4 nitrogen and oxygen atoms in total. The highest BCUT2D eigenvalue weighted by atomic mass is 79.9. The van der Waals surface area contributed by atoms with Crippen molar-refractivity contribution in [3.8, 4) is 5.75 Å². The van der Waals surface area contributed by atoms with Gasteiger partial charge in [0, 0.05) is 23.6 Å². The van der Waals surface area contributed by atoms with E-state index in [-0.39, 0.29) is 12.1 Å². The smallest absolute Gasteiger partial charge is 0.122 e. The number of likely N-dealkylation sites (N-methyl/N-ethyl adjacent to an activating group) is 2. The van der Waals surface area contributed by atoms with Gasteiger partial charge < -0.3 is 19.7 Å². The summed E-state index contributed by atoms with van der Waals surface area (Å²) in [5.74, 6) is 0.928. The van der Waals surface area contributed by atoms with E-state index in [1.165, 1.54) is 5.56 Å². The second kappa shape index (κ2) is 7.41. The van der Waals surface area contributed by atoms with E-state index in [0.29, 0.717) is 0 Å². The normalized spacial score (nSPS) is 21.7. The predicted molar refractivity (Wildman–Crippen MR) is 84.5 cm³/mol. The molecule has 0 saturated carbocycles. The van der Waals surface area contributed by atoms with Crippen molar-refractivity contribution in [2.24, 2.45) is 0 Å². The molecule has 0 aliphatic carbocycles. The lowest BCUT2D eigenvalue weighted by molar-refractivity contribution is -0.0372. The van der Waals surface area contributed by atoms with Crippen LogP contribution in [0.3, 0.4) is 0 Å². The summed E-state index contributed by atoms with van der Waals surface area (Å²) < 4.78 is 12.4. The van der Waals surface area contributed by atoms with Crippen molar-refractivity contribution in [2.75, 3.05) is 40.9 Å². The quantitative estimate of drug-likeness (QED) is 0.886. The number of nitrogens with one attached hydrogen (secondary N) is 1. The monoisotopic (exact) mass is 342 g/mol. The molecule has 1 fully saturated rings. The van der Waals surface area contributed by atoms with Crippen LogP contribution in [-0.2, 0) is 11.2 Å². The molecule has 0 spiro atoms. The van der Waals surface area contributed by atoms with E-state index in [1.54, 1.807) is 7.11 Å². The van der Waals surface area contributed by atoms with E-state index in [9.17, 15) is 0 Å². The molecule has 0 bridgehead atoms. The van der Waals surface area contributed by atoms with E-state index >= 15 is 0 Å². The number of hydrogen-bond donors (Lipinski definition) is 1. The molecular formula is C15H23BrN2O2. The lowest BCUT2D eigenvalue weighted by atomic mass is 9.99. The molecule has 1 aliphatic heterocycles. The maximum absolute atomic E-state index is 5.92. The van der Waals surface area contributed by atoms with Crippen molar-refractivity contribution < 1.29 is 9.47 Å². The lowest BCUT2D eigenvalue weighted by Gasteiger charge is -2.35. The topological polar surface area (TPSA) is 33.7 Å². The first-order valence-corrected chi connectivity index (χ1v) is 7.73.